The summed E-state index contributed by atoms with van der Waals surface area (Å²) in [6.07, 6.45) is 0.451. The number of nitrogens with zero attached hydrogens (tertiary/aromatic N) is 1. The first kappa shape index (κ1) is 13.2. The van der Waals surface area contributed by atoms with Crippen LogP contribution in [0.1, 0.15) is 24.5 Å². The van der Waals surface area contributed by atoms with Gasteiger partial charge in [0.25, 0.3) is 0 Å². The summed E-state index contributed by atoms with van der Waals surface area (Å²) in [5, 5.41) is 11.5. The van der Waals surface area contributed by atoms with Gasteiger partial charge in [0.15, 0.2) is 0 Å². The third kappa shape index (κ3) is 4.66. The van der Waals surface area contributed by atoms with Crippen molar-refractivity contribution in [2.24, 2.45) is 11.7 Å². The van der Waals surface area contributed by atoms with E-state index in [0.29, 0.717) is 25.1 Å². The summed E-state index contributed by atoms with van der Waals surface area (Å²) in [4.78, 5) is 11.5. The van der Waals surface area contributed by atoms with E-state index in [9.17, 15) is 4.79 Å². The first-order valence-electron chi connectivity index (χ1n) is 5.61. The van der Waals surface area contributed by atoms with E-state index < -0.39 is 0 Å². The van der Waals surface area contributed by atoms with Crippen molar-refractivity contribution in [3.63, 3.8) is 0 Å². The molecule has 0 saturated carbocycles. The lowest BCUT2D eigenvalue weighted by Crippen LogP contribution is -2.26. The average Bonchev–Trinajstić information content (AvgIpc) is 2.36. The Labute approximate surface area is 101 Å². The number of nitrogens with two attached hydrogens (primary N) is 1. The van der Waals surface area contributed by atoms with E-state index in [2.05, 4.69) is 11.4 Å². The van der Waals surface area contributed by atoms with Gasteiger partial charge in [-0.1, -0.05) is 19.1 Å². The minimum absolute atomic E-state index is 0.00677. The van der Waals surface area contributed by atoms with E-state index >= 15 is 0 Å². The van der Waals surface area contributed by atoms with Crippen LogP contribution in [0.3, 0.4) is 0 Å². The molecule has 0 heterocycles. The zero-order valence-corrected chi connectivity index (χ0v) is 9.94. The third-order valence-corrected chi connectivity index (χ3v) is 2.51. The maximum Gasteiger partial charge on any atom is 0.220 e. The molecule has 0 saturated heterocycles. The van der Waals surface area contributed by atoms with Crippen molar-refractivity contribution in [1.82, 2.24) is 5.32 Å². The molecule has 0 spiro atoms. The summed E-state index contributed by atoms with van der Waals surface area (Å²) >= 11 is 0. The van der Waals surface area contributed by atoms with Gasteiger partial charge in [0.2, 0.25) is 5.91 Å². The Hall–Kier alpha value is -1.86. The van der Waals surface area contributed by atoms with Crippen molar-refractivity contribution in [2.75, 3.05) is 6.54 Å². The highest BCUT2D eigenvalue weighted by atomic mass is 16.1. The standard InChI is InChI=1S/C13H17N3O/c1-10(7-14)6-13(17)16-9-12-4-2-11(8-15)3-5-12/h2-5,10H,6-7,9,14H2,1H3,(H,16,17). The minimum Gasteiger partial charge on any atom is -0.352 e. The lowest BCUT2D eigenvalue weighted by molar-refractivity contribution is -0.122. The number of rotatable bonds is 5. The van der Waals surface area contributed by atoms with Crippen LogP contribution in [0.15, 0.2) is 24.3 Å². The molecule has 4 nitrogen and oxygen atoms in total. The predicted molar refractivity (Wildman–Crippen MR) is 65.8 cm³/mol. The summed E-state index contributed by atoms with van der Waals surface area (Å²) in [5.74, 6) is 0.211. The van der Waals surface area contributed by atoms with Crippen LogP contribution >= 0.6 is 0 Å². The van der Waals surface area contributed by atoms with Gasteiger partial charge in [-0.05, 0) is 30.2 Å². The highest BCUT2D eigenvalue weighted by Gasteiger charge is 2.06. The van der Waals surface area contributed by atoms with Crippen molar-refractivity contribution in [3.05, 3.63) is 35.4 Å². The number of hydrogen-bond donors (Lipinski definition) is 2. The summed E-state index contributed by atoms with van der Waals surface area (Å²) in [7, 11) is 0. The van der Waals surface area contributed by atoms with E-state index in [4.69, 9.17) is 11.0 Å². The normalized spacial score (nSPS) is 11.6. The van der Waals surface area contributed by atoms with Crippen molar-refractivity contribution < 1.29 is 4.79 Å². The lowest BCUT2D eigenvalue weighted by atomic mass is 10.1. The summed E-state index contributed by atoms with van der Waals surface area (Å²) in [6.45, 7) is 2.95. The maximum absolute atomic E-state index is 11.5. The smallest absolute Gasteiger partial charge is 0.220 e. The zero-order valence-electron chi connectivity index (χ0n) is 9.94. The van der Waals surface area contributed by atoms with Gasteiger partial charge in [-0.15, -0.1) is 0 Å². The molecular weight excluding hydrogens is 214 g/mol. The molecule has 1 aromatic rings. The number of benzene rings is 1. The molecule has 90 valence electrons. The molecule has 0 radical (unpaired) electrons. The Kier molecular flexibility index (Phi) is 5.18. The van der Waals surface area contributed by atoms with Crippen LogP contribution in [0.25, 0.3) is 0 Å². The zero-order chi connectivity index (χ0) is 12.7. The van der Waals surface area contributed by atoms with Crippen LogP contribution in [0.4, 0.5) is 0 Å². The maximum atomic E-state index is 11.5. The minimum atomic E-state index is 0.00677. The van der Waals surface area contributed by atoms with Crippen LogP contribution < -0.4 is 11.1 Å². The Morgan fingerprint density at radius 3 is 2.65 bits per heavy atom. The molecule has 0 aliphatic rings. The van der Waals surface area contributed by atoms with E-state index in [1.807, 2.05) is 19.1 Å². The second-order valence-corrected chi connectivity index (χ2v) is 4.13. The van der Waals surface area contributed by atoms with Crippen LogP contribution in [-0.2, 0) is 11.3 Å². The fourth-order valence-corrected chi connectivity index (χ4v) is 1.37. The first-order valence-corrected chi connectivity index (χ1v) is 5.61. The summed E-state index contributed by atoms with van der Waals surface area (Å²) < 4.78 is 0. The van der Waals surface area contributed by atoms with Gasteiger partial charge in [-0.3, -0.25) is 4.79 Å². The predicted octanol–water partition coefficient (Wildman–Crippen LogP) is 1.16. The van der Waals surface area contributed by atoms with Gasteiger partial charge >= 0.3 is 0 Å². The number of nitrogens with one attached hydrogen (secondary N) is 1. The van der Waals surface area contributed by atoms with Crippen molar-refractivity contribution >= 4 is 5.91 Å². The molecular formula is C13H17N3O. The molecule has 1 rings (SSSR count). The number of nitriles is 1. The molecule has 1 unspecified atom stereocenters. The molecule has 0 aliphatic heterocycles. The van der Waals surface area contributed by atoms with Crippen molar-refractivity contribution in [3.8, 4) is 6.07 Å². The topological polar surface area (TPSA) is 78.9 Å². The molecule has 1 amide bonds. The largest absolute Gasteiger partial charge is 0.352 e. The molecule has 0 fully saturated rings. The SMILES string of the molecule is CC(CN)CC(=O)NCc1ccc(C#N)cc1. The number of hydrogen-bond acceptors (Lipinski definition) is 3. The summed E-state index contributed by atoms with van der Waals surface area (Å²) in [6, 6.07) is 9.21. The van der Waals surface area contributed by atoms with E-state index in [1.54, 1.807) is 12.1 Å². The van der Waals surface area contributed by atoms with Gasteiger partial charge in [0.1, 0.15) is 0 Å². The fourth-order valence-electron chi connectivity index (χ4n) is 1.37. The van der Waals surface area contributed by atoms with Crippen LogP contribution in [0.2, 0.25) is 0 Å². The lowest BCUT2D eigenvalue weighted by Gasteiger charge is -2.09. The fraction of sp³-hybridized carbons (Fsp3) is 0.385. The van der Waals surface area contributed by atoms with Crippen LogP contribution in [0.5, 0.6) is 0 Å². The van der Waals surface area contributed by atoms with Gasteiger partial charge in [0, 0.05) is 13.0 Å². The molecule has 0 bridgehead atoms. The van der Waals surface area contributed by atoms with Gasteiger partial charge in [-0.25, -0.2) is 0 Å². The molecule has 1 atom stereocenters. The van der Waals surface area contributed by atoms with Crippen LogP contribution in [0, 0.1) is 17.2 Å². The Bertz CT molecular complexity index is 406. The number of carbonyl (C=O) groups excluding carboxylic acids is 1. The highest BCUT2D eigenvalue weighted by Crippen LogP contribution is 2.04. The van der Waals surface area contributed by atoms with E-state index in [-0.39, 0.29) is 11.8 Å². The van der Waals surface area contributed by atoms with Gasteiger partial charge in [0.05, 0.1) is 11.6 Å². The average molecular weight is 231 g/mol. The van der Waals surface area contributed by atoms with Gasteiger partial charge in [-0.2, -0.15) is 5.26 Å². The molecule has 4 heteroatoms. The number of carbonyl (C=O) groups is 1. The van der Waals surface area contributed by atoms with Crippen molar-refractivity contribution in [2.45, 2.75) is 19.9 Å². The molecule has 0 aromatic heterocycles. The van der Waals surface area contributed by atoms with Crippen molar-refractivity contribution in [1.29, 1.82) is 5.26 Å². The van der Waals surface area contributed by atoms with Gasteiger partial charge < -0.3 is 11.1 Å². The Morgan fingerprint density at radius 2 is 2.12 bits per heavy atom. The van der Waals surface area contributed by atoms with Crippen LogP contribution in [-0.4, -0.2) is 12.5 Å². The second-order valence-electron chi connectivity index (χ2n) is 4.13. The number of amides is 1. The summed E-state index contributed by atoms with van der Waals surface area (Å²) in [5.41, 5.74) is 7.06. The van der Waals surface area contributed by atoms with E-state index in [1.165, 1.54) is 0 Å². The van der Waals surface area contributed by atoms with E-state index in [0.717, 1.165) is 5.56 Å². The molecule has 17 heavy (non-hydrogen) atoms. The molecule has 3 N–H and O–H groups in total. The Morgan fingerprint density at radius 1 is 1.47 bits per heavy atom. The first-order chi connectivity index (χ1) is 8.15. The molecule has 1 aromatic carbocycles. The third-order valence-electron chi connectivity index (χ3n) is 2.51. The quantitative estimate of drug-likeness (QED) is 0.798. The highest BCUT2D eigenvalue weighted by molar-refractivity contribution is 5.76. The molecule has 0 aliphatic carbocycles. The monoisotopic (exact) mass is 231 g/mol. The Balaban J connectivity index is 2.40. The second kappa shape index (κ2) is 6.66.